The van der Waals surface area contributed by atoms with Gasteiger partial charge in [0, 0.05) is 0 Å². The summed E-state index contributed by atoms with van der Waals surface area (Å²) in [4.78, 5) is 12.1. The quantitative estimate of drug-likeness (QED) is 0.351. The second kappa shape index (κ2) is 8.69. The molecule has 0 fully saturated rings. The standard InChI is InChI=1S/C23H19AsO2/c1-17(25)21(20-10-6-3-7-11-20)14-19-12-13-22(24)23(15-19)26-16-18-8-4-2-5-9-18/h2-15H,16H2,1H3/b21-14+. The van der Waals surface area contributed by atoms with Crippen LogP contribution in [-0.4, -0.2) is 22.6 Å². The third kappa shape index (κ3) is 4.74. The van der Waals surface area contributed by atoms with E-state index < -0.39 is 0 Å². The van der Waals surface area contributed by atoms with Crippen LogP contribution >= 0.6 is 0 Å². The molecule has 0 heterocycles. The van der Waals surface area contributed by atoms with Crippen molar-refractivity contribution in [2.75, 3.05) is 0 Å². The molecule has 0 bridgehead atoms. The number of hydrogen-bond acceptors (Lipinski definition) is 2. The van der Waals surface area contributed by atoms with E-state index in [1.807, 2.05) is 84.9 Å². The summed E-state index contributed by atoms with van der Waals surface area (Å²) in [5.41, 5.74) is 3.67. The summed E-state index contributed by atoms with van der Waals surface area (Å²) < 4.78 is 6.99. The van der Waals surface area contributed by atoms with Gasteiger partial charge in [0.2, 0.25) is 0 Å². The second-order valence-electron chi connectivity index (χ2n) is 5.98. The van der Waals surface area contributed by atoms with Gasteiger partial charge in [0.05, 0.1) is 0 Å². The van der Waals surface area contributed by atoms with Gasteiger partial charge in [-0.2, -0.15) is 0 Å². The molecule has 2 nitrogen and oxygen atoms in total. The Balaban J connectivity index is 1.87. The van der Waals surface area contributed by atoms with Gasteiger partial charge in [-0.25, -0.2) is 0 Å². The van der Waals surface area contributed by atoms with E-state index in [1.165, 1.54) is 0 Å². The molecule has 0 saturated carbocycles. The summed E-state index contributed by atoms with van der Waals surface area (Å²) in [5, 5.41) is 0. The van der Waals surface area contributed by atoms with Crippen LogP contribution in [0, 0.1) is 0 Å². The van der Waals surface area contributed by atoms with Gasteiger partial charge in [-0.05, 0) is 0 Å². The molecule has 0 aliphatic heterocycles. The number of rotatable bonds is 6. The van der Waals surface area contributed by atoms with Crippen molar-refractivity contribution >= 4 is 38.6 Å². The van der Waals surface area contributed by atoms with E-state index in [-0.39, 0.29) is 5.78 Å². The summed E-state index contributed by atoms with van der Waals surface area (Å²) in [5.74, 6) is 0.845. The van der Waals surface area contributed by atoms with Crippen LogP contribution < -0.4 is 9.09 Å². The predicted octanol–water partition coefficient (Wildman–Crippen LogP) is 4.19. The van der Waals surface area contributed by atoms with Gasteiger partial charge >= 0.3 is 163 Å². The van der Waals surface area contributed by atoms with Crippen molar-refractivity contribution in [3.63, 3.8) is 0 Å². The number of carbonyl (C=O) groups excluding carboxylic acids is 1. The van der Waals surface area contributed by atoms with Crippen LogP contribution in [0.15, 0.2) is 78.9 Å². The Hall–Kier alpha value is -2.57. The fraction of sp³-hybridized carbons (Fsp3) is 0.0870. The average molecular weight is 402 g/mol. The fourth-order valence-corrected chi connectivity index (χ4v) is 3.07. The number of benzene rings is 3. The monoisotopic (exact) mass is 402 g/mol. The van der Waals surface area contributed by atoms with Crippen molar-refractivity contribution in [3.8, 4) is 5.75 Å². The van der Waals surface area contributed by atoms with Crippen LogP contribution in [0.2, 0.25) is 0 Å². The first-order valence-electron chi connectivity index (χ1n) is 8.41. The fourth-order valence-electron chi connectivity index (χ4n) is 2.64. The normalized spacial score (nSPS) is 11.2. The number of hydrogen-bond donors (Lipinski definition) is 0. The van der Waals surface area contributed by atoms with Gasteiger partial charge < -0.3 is 0 Å². The topological polar surface area (TPSA) is 26.3 Å². The van der Waals surface area contributed by atoms with E-state index in [1.54, 1.807) is 6.92 Å². The van der Waals surface area contributed by atoms with Gasteiger partial charge in [-0.3, -0.25) is 0 Å². The molecule has 0 aliphatic carbocycles. The van der Waals surface area contributed by atoms with Crippen molar-refractivity contribution < 1.29 is 9.53 Å². The maximum atomic E-state index is 12.1. The van der Waals surface area contributed by atoms with Crippen LogP contribution in [-0.2, 0) is 11.4 Å². The van der Waals surface area contributed by atoms with Crippen LogP contribution in [0.25, 0.3) is 11.6 Å². The number of ketones is 1. The van der Waals surface area contributed by atoms with Crippen molar-refractivity contribution in [2.45, 2.75) is 13.5 Å². The van der Waals surface area contributed by atoms with E-state index in [9.17, 15) is 4.79 Å². The molecule has 0 saturated heterocycles. The molecule has 2 radical (unpaired) electrons. The first-order chi connectivity index (χ1) is 12.6. The summed E-state index contributed by atoms with van der Waals surface area (Å²) >= 11 is 2.53. The SMILES string of the molecule is CC(=O)/C(=C\c1ccc([As])c(OCc2ccccc2)c1)c1ccccc1. The number of allylic oxidation sites excluding steroid dienone is 1. The molecule has 26 heavy (non-hydrogen) atoms. The Bertz CT molecular complexity index is 915. The molecule has 3 heteroatoms. The van der Waals surface area contributed by atoms with Crippen molar-refractivity contribution in [1.82, 2.24) is 0 Å². The zero-order chi connectivity index (χ0) is 18.4. The van der Waals surface area contributed by atoms with Crippen molar-refractivity contribution in [2.24, 2.45) is 0 Å². The minimum atomic E-state index is 0.0410. The summed E-state index contributed by atoms with van der Waals surface area (Å²) in [7, 11) is 0. The summed E-state index contributed by atoms with van der Waals surface area (Å²) in [6.45, 7) is 2.10. The molecule has 128 valence electrons. The Morgan fingerprint density at radius 2 is 1.62 bits per heavy atom. The van der Waals surface area contributed by atoms with Crippen molar-refractivity contribution in [1.29, 1.82) is 0 Å². The Kier molecular flexibility index (Phi) is 6.09. The van der Waals surface area contributed by atoms with Crippen LogP contribution in [0.1, 0.15) is 23.6 Å². The molecule has 0 spiro atoms. The number of ether oxygens (including phenoxy) is 1. The molecule has 0 atom stereocenters. The zero-order valence-corrected chi connectivity index (χ0v) is 16.4. The summed E-state index contributed by atoms with van der Waals surface area (Å²) in [6.07, 6.45) is 1.92. The third-order valence-electron chi connectivity index (χ3n) is 4.00. The van der Waals surface area contributed by atoms with Crippen LogP contribution in [0.4, 0.5) is 0 Å². The first-order valence-corrected chi connectivity index (χ1v) is 9.35. The van der Waals surface area contributed by atoms with E-state index in [0.29, 0.717) is 12.2 Å². The van der Waals surface area contributed by atoms with Gasteiger partial charge in [-0.1, -0.05) is 0 Å². The Labute approximate surface area is 163 Å². The van der Waals surface area contributed by atoms with E-state index >= 15 is 0 Å². The Morgan fingerprint density at radius 3 is 2.27 bits per heavy atom. The van der Waals surface area contributed by atoms with Crippen LogP contribution in [0.5, 0.6) is 5.75 Å². The van der Waals surface area contributed by atoms with E-state index in [2.05, 4.69) is 16.9 Å². The van der Waals surface area contributed by atoms with Gasteiger partial charge in [0.25, 0.3) is 0 Å². The molecule has 3 aromatic carbocycles. The molecule has 0 amide bonds. The molecular formula is C23H19AsO2. The average Bonchev–Trinajstić information content (AvgIpc) is 2.67. The predicted molar refractivity (Wildman–Crippen MR) is 108 cm³/mol. The van der Waals surface area contributed by atoms with Gasteiger partial charge in [0.15, 0.2) is 0 Å². The molecule has 0 aromatic heterocycles. The molecule has 3 aromatic rings. The van der Waals surface area contributed by atoms with E-state index in [0.717, 1.165) is 26.8 Å². The van der Waals surface area contributed by atoms with Gasteiger partial charge in [-0.15, -0.1) is 0 Å². The minimum absolute atomic E-state index is 0.0410. The van der Waals surface area contributed by atoms with Crippen molar-refractivity contribution in [3.05, 3.63) is 95.6 Å². The van der Waals surface area contributed by atoms with Gasteiger partial charge in [0.1, 0.15) is 0 Å². The summed E-state index contributed by atoms with van der Waals surface area (Å²) in [6, 6.07) is 25.8. The number of carbonyl (C=O) groups is 1. The molecule has 0 unspecified atom stereocenters. The molecule has 3 rings (SSSR count). The zero-order valence-electron chi connectivity index (χ0n) is 14.6. The Morgan fingerprint density at radius 1 is 0.962 bits per heavy atom. The molecular weight excluding hydrogens is 383 g/mol. The second-order valence-corrected chi connectivity index (χ2v) is 6.99. The van der Waals surface area contributed by atoms with Crippen LogP contribution in [0.3, 0.4) is 0 Å². The van der Waals surface area contributed by atoms with E-state index in [4.69, 9.17) is 4.74 Å². The first kappa shape index (κ1) is 18.2. The third-order valence-corrected chi connectivity index (χ3v) is 4.77. The molecule has 0 N–H and O–H groups in total. The molecule has 0 aliphatic rings. The number of Topliss-reactive ketones (excluding diaryl/α,β-unsaturated/α-hetero) is 1. The maximum absolute atomic E-state index is 12.1.